The van der Waals surface area contributed by atoms with E-state index >= 15 is 0 Å². The number of hydrogen-bond acceptors (Lipinski definition) is 6. The summed E-state index contributed by atoms with van der Waals surface area (Å²) in [7, 11) is 0.599. The number of methoxy groups -OCH3 is 3. The predicted octanol–water partition coefficient (Wildman–Crippen LogP) is 4.50. The van der Waals surface area contributed by atoms with E-state index in [1.165, 1.54) is 19.1 Å². The third-order valence-corrected chi connectivity index (χ3v) is 8.41. The van der Waals surface area contributed by atoms with E-state index < -0.39 is 26.9 Å². The van der Waals surface area contributed by atoms with Gasteiger partial charge in [-0.15, -0.1) is 0 Å². The highest BCUT2D eigenvalue weighted by Crippen LogP contribution is 2.38. The van der Waals surface area contributed by atoms with Crippen LogP contribution in [0.2, 0.25) is 0 Å². The van der Waals surface area contributed by atoms with Crippen molar-refractivity contribution in [3.63, 3.8) is 0 Å². The summed E-state index contributed by atoms with van der Waals surface area (Å²) in [5.74, 6) is 0.478. The summed E-state index contributed by atoms with van der Waals surface area (Å²) >= 11 is 0. The number of carbonyl (C=O) groups is 1. The number of amides is 1. The fraction of sp³-hybridized carbons (Fsp3) is 0.250. The lowest BCUT2D eigenvalue weighted by Gasteiger charge is -2.33. The molecule has 4 rings (SSSR count). The van der Waals surface area contributed by atoms with Gasteiger partial charge in [-0.05, 0) is 54.4 Å². The van der Waals surface area contributed by atoms with Gasteiger partial charge in [0.1, 0.15) is 5.75 Å². The highest BCUT2D eigenvalue weighted by atomic mass is 32.2. The third-order valence-electron chi connectivity index (χ3n) is 6.31. The van der Waals surface area contributed by atoms with E-state index in [-0.39, 0.29) is 11.4 Å². The number of aryl methyl sites for hydroxylation is 1. The number of ether oxygens (including phenoxy) is 3. The highest BCUT2D eigenvalue weighted by molar-refractivity contribution is 7.92. The number of hydrogen-bond donors (Lipinski definition) is 0. The van der Waals surface area contributed by atoms with E-state index in [2.05, 4.69) is 0 Å². The van der Waals surface area contributed by atoms with Crippen LogP contribution < -0.4 is 14.2 Å². The fourth-order valence-electron chi connectivity index (χ4n) is 4.29. The lowest BCUT2D eigenvalue weighted by molar-refractivity contribution is -0.129. The average Bonchev–Trinajstić information content (AvgIpc) is 2.89. The molecule has 8 heteroatoms. The topological polar surface area (TPSA) is 82.1 Å². The SMILES string of the molecule is COc1ccc(CN2C=CC(c3ccc(OC)c(OC)c3)C(S(=O)(=O)c3ccc(C)cc3)C2=O)cc1. The van der Waals surface area contributed by atoms with Crippen LogP contribution >= 0.6 is 0 Å². The summed E-state index contributed by atoms with van der Waals surface area (Å²) in [6, 6.07) is 19.1. The molecule has 0 spiro atoms. The van der Waals surface area contributed by atoms with E-state index in [0.29, 0.717) is 22.8 Å². The molecule has 188 valence electrons. The second-order valence-electron chi connectivity index (χ2n) is 8.57. The van der Waals surface area contributed by atoms with Gasteiger partial charge in [-0.3, -0.25) is 4.79 Å². The molecule has 3 aromatic carbocycles. The minimum absolute atomic E-state index is 0.108. The van der Waals surface area contributed by atoms with Gasteiger partial charge >= 0.3 is 0 Å². The average molecular weight is 508 g/mol. The maximum absolute atomic E-state index is 13.9. The Kier molecular flexibility index (Phi) is 7.35. The molecular weight excluding hydrogens is 478 g/mol. The van der Waals surface area contributed by atoms with Crippen LogP contribution in [-0.2, 0) is 21.2 Å². The van der Waals surface area contributed by atoms with Gasteiger partial charge in [0.25, 0.3) is 0 Å². The minimum atomic E-state index is -4.03. The molecule has 0 aliphatic carbocycles. The summed E-state index contributed by atoms with van der Waals surface area (Å²) in [6.07, 6.45) is 3.43. The molecule has 2 atom stereocenters. The fourth-order valence-corrected chi connectivity index (χ4v) is 6.14. The van der Waals surface area contributed by atoms with Crippen LogP contribution in [0.1, 0.15) is 22.6 Å². The number of sulfone groups is 1. The Labute approximate surface area is 211 Å². The van der Waals surface area contributed by atoms with Gasteiger partial charge in [-0.2, -0.15) is 0 Å². The normalized spacial score (nSPS) is 17.7. The molecule has 0 saturated heterocycles. The molecule has 0 aromatic heterocycles. The van der Waals surface area contributed by atoms with Gasteiger partial charge in [0, 0.05) is 12.1 Å². The van der Waals surface area contributed by atoms with Crippen molar-refractivity contribution < 1.29 is 27.4 Å². The molecule has 0 radical (unpaired) electrons. The van der Waals surface area contributed by atoms with Crippen LogP contribution in [0.4, 0.5) is 0 Å². The van der Waals surface area contributed by atoms with Crippen molar-refractivity contribution in [3.8, 4) is 17.2 Å². The number of nitrogens with zero attached hydrogens (tertiary/aromatic N) is 1. The van der Waals surface area contributed by atoms with Crippen molar-refractivity contribution in [1.82, 2.24) is 4.90 Å². The maximum Gasteiger partial charge on any atom is 0.246 e. The van der Waals surface area contributed by atoms with E-state index in [4.69, 9.17) is 14.2 Å². The molecule has 0 bridgehead atoms. The molecule has 1 heterocycles. The predicted molar refractivity (Wildman–Crippen MR) is 137 cm³/mol. The Bertz CT molecular complexity index is 1360. The van der Waals surface area contributed by atoms with Gasteiger partial charge in [0.15, 0.2) is 26.6 Å². The lowest BCUT2D eigenvalue weighted by atomic mass is 9.92. The van der Waals surface area contributed by atoms with Crippen LogP contribution in [0, 0.1) is 6.92 Å². The number of benzene rings is 3. The summed E-state index contributed by atoms with van der Waals surface area (Å²) < 4.78 is 43.8. The van der Waals surface area contributed by atoms with Gasteiger partial charge in [-0.1, -0.05) is 42.0 Å². The Morgan fingerprint density at radius 2 is 1.50 bits per heavy atom. The molecule has 3 aromatic rings. The second-order valence-corrected chi connectivity index (χ2v) is 10.6. The van der Waals surface area contributed by atoms with Crippen molar-refractivity contribution in [3.05, 3.63) is 95.7 Å². The van der Waals surface area contributed by atoms with E-state index in [1.807, 2.05) is 19.1 Å². The monoisotopic (exact) mass is 507 g/mol. The Morgan fingerprint density at radius 3 is 2.11 bits per heavy atom. The molecule has 2 unspecified atom stereocenters. The number of rotatable bonds is 8. The molecule has 36 heavy (non-hydrogen) atoms. The summed E-state index contributed by atoms with van der Waals surface area (Å²) in [6.45, 7) is 2.12. The molecule has 0 saturated carbocycles. The van der Waals surface area contributed by atoms with Crippen LogP contribution in [0.15, 0.2) is 83.9 Å². The van der Waals surface area contributed by atoms with Crippen LogP contribution in [0.25, 0.3) is 0 Å². The summed E-state index contributed by atoms with van der Waals surface area (Å²) in [5.41, 5.74) is 2.42. The first kappa shape index (κ1) is 25.3. The number of allylic oxidation sites excluding steroid dienone is 1. The Morgan fingerprint density at radius 1 is 0.833 bits per heavy atom. The van der Waals surface area contributed by atoms with E-state index in [0.717, 1.165) is 11.1 Å². The summed E-state index contributed by atoms with van der Waals surface area (Å²) in [5, 5.41) is -1.35. The first-order chi connectivity index (χ1) is 17.3. The first-order valence-corrected chi connectivity index (χ1v) is 13.0. The van der Waals surface area contributed by atoms with Gasteiger partial charge < -0.3 is 19.1 Å². The second kappa shape index (κ2) is 10.5. The molecule has 0 N–H and O–H groups in total. The van der Waals surface area contributed by atoms with E-state index in [1.54, 1.807) is 74.0 Å². The first-order valence-electron chi connectivity index (χ1n) is 11.4. The molecular formula is C28H29NO6S. The zero-order valence-electron chi connectivity index (χ0n) is 20.7. The Balaban J connectivity index is 1.77. The molecule has 1 aliphatic rings. The van der Waals surface area contributed by atoms with Crippen molar-refractivity contribution in [2.24, 2.45) is 0 Å². The quantitative estimate of drug-likeness (QED) is 0.447. The molecule has 1 aliphatic heterocycles. The number of carbonyl (C=O) groups excluding carboxylic acids is 1. The smallest absolute Gasteiger partial charge is 0.246 e. The molecule has 7 nitrogen and oxygen atoms in total. The van der Waals surface area contributed by atoms with Crippen LogP contribution in [0.3, 0.4) is 0 Å². The minimum Gasteiger partial charge on any atom is -0.497 e. The highest BCUT2D eigenvalue weighted by Gasteiger charge is 2.44. The zero-order valence-corrected chi connectivity index (χ0v) is 21.5. The van der Waals surface area contributed by atoms with Crippen LogP contribution in [0.5, 0.6) is 17.2 Å². The van der Waals surface area contributed by atoms with Gasteiger partial charge in [0.2, 0.25) is 5.91 Å². The van der Waals surface area contributed by atoms with Crippen molar-refractivity contribution in [1.29, 1.82) is 0 Å². The van der Waals surface area contributed by atoms with Crippen molar-refractivity contribution >= 4 is 15.7 Å². The van der Waals surface area contributed by atoms with Crippen molar-refractivity contribution in [2.45, 2.75) is 29.5 Å². The van der Waals surface area contributed by atoms with Crippen molar-refractivity contribution in [2.75, 3.05) is 21.3 Å². The largest absolute Gasteiger partial charge is 0.497 e. The third kappa shape index (κ3) is 4.95. The van der Waals surface area contributed by atoms with Gasteiger partial charge in [0.05, 0.1) is 32.8 Å². The van der Waals surface area contributed by atoms with Crippen LogP contribution in [-0.4, -0.2) is 45.8 Å². The standard InChI is InChI=1S/C28H29NO6S/c1-19-5-12-23(13-6-19)36(31,32)27-24(21-9-14-25(34-3)26(17-21)35-4)15-16-29(28(27)30)18-20-7-10-22(33-2)11-8-20/h5-17,24,27H,18H2,1-4H3. The van der Waals surface area contributed by atoms with E-state index in [9.17, 15) is 13.2 Å². The zero-order chi connectivity index (χ0) is 25.9. The summed E-state index contributed by atoms with van der Waals surface area (Å²) in [4.78, 5) is 15.4. The molecule has 1 amide bonds. The molecule has 0 fully saturated rings. The lowest BCUT2D eigenvalue weighted by Crippen LogP contribution is -2.46. The Hall–Kier alpha value is -3.78. The maximum atomic E-state index is 13.9. The van der Waals surface area contributed by atoms with Gasteiger partial charge in [-0.25, -0.2) is 8.42 Å².